The summed E-state index contributed by atoms with van der Waals surface area (Å²) in [4.78, 5) is 1.01. The fourth-order valence-corrected chi connectivity index (χ4v) is 3.82. The van der Waals surface area contributed by atoms with Gasteiger partial charge in [-0.2, -0.15) is 0 Å². The van der Waals surface area contributed by atoms with Crippen LogP contribution in [0, 0.1) is 0 Å². The van der Waals surface area contributed by atoms with Crippen molar-refractivity contribution in [3.63, 3.8) is 0 Å². The van der Waals surface area contributed by atoms with E-state index < -0.39 is 16.1 Å². The van der Waals surface area contributed by atoms with Gasteiger partial charge in [0.25, 0.3) is 0 Å². The number of nitrogens with one attached hydrogen (secondary N) is 1. The minimum Gasteiger partial charge on any atom is -0.395 e. The third-order valence-electron chi connectivity index (χ3n) is 2.16. The van der Waals surface area contributed by atoms with Crippen molar-refractivity contribution in [2.45, 2.75) is 23.6 Å². The summed E-state index contributed by atoms with van der Waals surface area (Å²) < 4.78 is 31.4. The molecule has 1 aromatic rings. The lowest BCUT2D eigenvalue weighted by Gasteiger charge is -2.14. The summed E-state index contributed by atoms with van der Waals surface area (Å²) in [5, 5.41) is 9.02. The van der Waals surface area contributed by atoms with Gasteiger partial charge in [0.2, 0.25) is 10.0 Å². The lowest BCUT2D eigenvalue weighted by Crippen LogP contribution is -2.40. The molecule has 0 aliphatic heterocycles. The predicted molar refractivity (Wildman–Crippen MR) is 66.8 cm³/mol. The van der Waals surface area contributed by atoms with Gasteiger partial charge in [-0.25, -0.2) is 13.1 Å². The first-order valence-corrected chi connectivity index (χ1v) is 7.54. The van der Waals surface area contributed by atoms with Crippen LogP contribution in [0.2, 0.25) is 0 Å². The van der Waals surface area contributed by atoms with Crippen molar-refractivity contribution in [1.82, 2.24) is 4.72 Å². The molecule has 0 radical (unpaired) electrons. The molecular weight excluding hydrogens is 262 g/mol. The van der Waals surface area contributed by atoms with Gasteiger partial charge in [-0.15, -0.1) is 11.3 Å². The number of hydrogen-bond donors (Lipinski definition) is 2. The Morgan fingerprint density at radius 2 is 2.24 bits per heavy atom. The molecule has 1 aromatic heterocycles. The third-order valence-corrected chi connectivity index (χ3v) is 5.40. The summed E-state index contributed by atoms with van der Waals surface area (Å²) in [5.41, 5.74) is 0. The van der Waals surface area contributed by atoms with E-state index in [1.807, 2.05) is 6.92 Å². The van der Waals surface area contributed by atoms with E-state index in [1.165, 1.54) is 18.4 Å². The molecule has 98 valence electrons. The van der Waals surface area contributed by atoms with Gasteiger partial charge in [-0.1, -0.05) is 6.92 Å². The van der Waals surface area contributed by atoms with E-state index in [-0.39, 0.29) is 17.4 Å². The first kappa shape index (κ1) is 14.6. The largest absolute Gasteiger partial charge is 0.395 e. The second kappa shape index (κ2) is 6.46. The van der Waals surface area contributed by atoms with Crippen molar-refractivity contribution in [1.29, 1.82) is 0 Å². The Morgan fingerprint density at radius 3 is 2.71 bits per heavy atom. The number of sulfonamides is 1. The molecule has 7 heteroatoms. The Labute approximate surface area is 105 Å². The molecule has 1 atom stereocenters. The molecule has 0 fully saturated rings. The van der Waals surface area contributed by atoms with Crippen LogP contribution in [0.3, 0.4) is 0 Å². The highest BCUT2D eigenvalue weighted by Gasteiger charge is 2.21. The highest BCUT2D eigenvalue weighted by Crippen LogP contribution is 2.21. The van der Waals surface area contributed by atoms with E-state index in [2.05, 4.69) is 4.72 Å². The number of aliphatic hydroxyl groups excluding tert-OH is 1. The number of ether oxygens (including phenoxy) is 1. The zero-order valence-corrected chi connectivity index (χ0v) is 11.5. The van der Waals surface area contributed by atoms with Gasteiger partial charge >= 0.3 is 0 Å². The lowest BCUT2D eigenvalue weighted by atomic mass is 10.4. The van der Waals surface area contributed by atoms with Crippen LogP contribution in [0.1, 0.15) is 11.8 Å². The molecule has 0 saturated carbocycles. The van der Waals surface area contributed by atoms with Crippen LogP contribution in [0.15, 0.2) is 16.3 Å². The van der Waals surface area contributed by atoms with Crippen LogP contribution in [0.5, 0.6) is 0 Å². The van der Waals surface area contributed by atoms with Crippen LogP contribution in [-0.4, -0.2) is 39.9 Å². The lowest BCUT2D eigenvalue weighted by molar-refractivity contribution is 0.139. The standard InChI is InChI=1S/C10H17NO4S2/c1-3-9-4-5-10(16-9)17(13,14)11-8(6-12)7-15-2/h4-5,8,11-12H,3,6-7H2,1-2H3. The number of thiophene rings is 1. The Balaban J connectivity index is 2.80. The second-order valence-corrected chi connectivity index (χ2v) is 6.64. The topological polar surface area (TPSA) is 75.6 Å². The van der Waals surface area contributed by atoms with Crippen LogP contribution in [0.4, 0.5) is 0 Å². The van der Waals surface area contributed by atoms with Crippen molar-refractivity contribution in [2.24, 2.45) is 0 Å². The monoisotopic (exact) mass is 279 g/mol. The molecule has 0 amide bonds. The molecule has 1 rings (SSSR count). The Bertz CT molecular complexity index is 441. The molecule has 0 bridgehead atoms. The highest BCUT2D eigenvalue weighted by atomic mass is 32.2. The van der Waals surface area contributed by atoms with E-state index in [0.29, 0.717) is 0 Å². The molecule has 0 aliphatic rings. The van der Waals surface area contributed by atoms with E-state index >= 15 is 0 Å². The molecule has 0 aliphatic carbocycles. The van der Waals surface area contributed by atoms with Gasteiger partial charge in [-0.05, 0) is 18.6 Å². The zero-order chi connectivity index (χ0) is 12.9. The predicted octanol–water partition coefficient (Wildman–Crippen LogP) is 0.596. The number of aliphatic hydroxyl groups is 1. The molecule has 5 nitrogen and oxygen atoms in total. The summed E-state index contributed by atoms with van der Waals surface area (Å²) in [6.45, 7) is 1.82. The average molecular weight is 279 g/mol. The Kier molecular flexibility index (Phi) is 5.54. The quantitative estimate of drug-likeness (QED) is 0.766. The van der Waals surface area contributed by atoms with E-state index in [9.17, 15) is 8.42 Å². The number of methoxy groups -OCH3 is 1. The van der Waals surface area contributed by atoms with Gasteiger partial charge in [0.15, 0.2) is 0 Å². The summed E-state index contributed by atoms with van der Waals surface area (Å²) in [5.74, 6) is 0. The molecule has 0 spiro atoms. The van der Waals surface area contributed by atoms with Gasteiger partial charge in [0.1, 0.15) is 4.21 Å². The zero-order valence-electron chi connectivity index (χ0n) is 9.84. The van der Waals surface area contributed by atoms with E-state index in [0.717, 1.165) is 11.3 Å². The average Bonchev–Trinajstić information content (AvgIpc) is 2.77. The van der Waals surface area contributed by atoms with Gasteiger partial charge in [0.05, 0.1) is 19.3 Å². The van der Waals surface area contributed by atoms with Crippen molar-refractivity contribution < 1.29 is 18.3 Å². The maximum absolute atomic E-state index is 11.9. The normalized spacial score (nSPS) is 13.8. The molecule has 0 saturated heterocycles. The van der Waals surface area contributed by atoms with Crippen molar-refractivity contribution >= 4 is 21.4 Å². The summed E-state index contributed by atoms with van der Waals surface area (Å²) in [6.07, 6.45) is 0.807. The first-order chi connectivity index (χ1) is 8.03. The van der Waals surface area contributed by atoms with Gasteiger partial charge in [-0.3, -0.25) is 0 Å². The fourth-order valence-electron chi connectivity index (χ4n) is 1.30. The SMILES string of the molecule is CCc1ccc(S(=O)(=O)NC(CO)COC)s1. The van der Waals surface area contributed by atoms with Crippen molar-refractivity contribution in [2.75, 3.05) is 20.3 Å². The number of aryl methyl sites for hydroxylation is 1. The molecule has 17 heavy (non-hydrogen) atoms. The smallest absolute Gasteiger partial charge is 0.250 e. The minimum absolute atomic E-state index is 0.141. The number of hydrogen-bond acceptors (Lipinski definition) is 5. The minimum atomic E-state index is -3.55. The number of rotatable bonds is 7. The van der Waals surface area contributed by atoms with Crippen LogP contribution >= 0.6 is 11.3 Å². The third kappa shape index (κ3) is 4.04. The molecule has 1 unspecified atom stereocenters. The molecular formula is C10H17NO4S2. The molecule has 0 aromatic carbocycles. The first-order valence-electron chi connectivity index (χ1n) is 5.24. The van der Waals surface area contributed by atoms with Crippen molar-refractivity contribution in [3.05, 3.63) is 17.0 Å². The maximum atomic E-state index is 11.9. The van der Waals surface area contributed by atoms with Gasteiger partial charge in [0, 0.05) is 12.0 Å². The summed E-state index contributed by atoms with van der Waals surface area (Å²) in [6, 6.07) is 2.76. The van der Waals surface area contributed by atoms with E-state index in [4.69, 9.17) is 9.84 Å². The van der Waals surface area contributed by atoms with Crippen LogP contribution < -0.4 is 4.72 Å². The summed E-state index contributed by atoms with van der Waals surface area (Å²) in [7, 11) is -2.10. The highest BCUT2D eigenvalue weighted by molar-refractivity contribution is 7.91. The second-order valence-electron chi connectivity index (χ2n) is 3.53. The summed E-state index contributed by atoms with van der Waals surface area (Å²) >= 11 is 1.24. The van der Waals surface area contributed by atoms with Gasteiger partial charge < -0.3 is 9.84 Å². The van der Waals surface area contributed by atoms with E-state index in [1.54, 1.807) is 12.1 Å². The Morgan fingerprint density at radius 1 is 1.53 bits per heavy atom. The van der Waals surface area contributed by atoms with Crippen LogP contribution in [0.25, 0.3) is 0 Å². The fraction of sp³-hybridized carbons (Fsp3) is 0.600. The molecule has 1 heterocycles. The Hall–Kier alpha value is -0.470. The van der Waals surface area contributed by atoms with Crippen LogP contribution in [-0.2, 0) is 21.2 Å². The molecule has 2 N–H and O–H groups in total. The maximum Gasteiger partial charge on any atom is 0.250 e. The van der Waals surface area contributed by atoms with Crippen molar-refractivity contribution in [3.8, 4) is 0 Å².